The first-order valence-electron chi connectivity index (χ1n) is 5.96. The van der Waals surface area contributed by atoms with E-state index < -0.39 is 0 Å². The number of furan rings is 1. The standard InChI is InChI=1S/C13H19N3O/c1-4-12(13-6-5-7-17-13)14-8-11-9-15-16(3)10(11)2/h5-7,9,12,14H,4,8H2,1-3H3. The summed E-state index contributed by atoms with van der Waals surface area (Å²) in [6.45, 7) is 5.05. The van der Waals surface area contributed by atoms with Crippen LogP contribution in [-0.4, -0.2) is 9.78 Å². The van der Waals surface area contributed by atoms with Crippen LogP contribution in [0.5, 0.6) is 0 Å². The van der Waals surface area contributed by atoms with Crippen LogP contribution in [0.25, 0.3) is 0 Å². The molecule has 0 saturated carbocycles. The third-order valence-corrected chi connectivity index (χ3v) is 3.17. The summed E-state index contributed by atoms with van der Waals surface area (Å²) in [4.78, 5) is 0. The lowest BCUT2D eigenvalue weighted by Crippen LogP contribution is -2.20. The molecule has 0 aliphatic heterocycles. The van der Waals surface area contributed by atoms with Crippen LogP contribution in [0.4, 0.5) is 0 Å². The number of nitrogens with one attached hydrogen (secondary N) is 1. The third-order valence-electron chi connectivity index (χ3n) is 3.17. The molecule has 2 rings (SSSR count). The van der Waals surface area contributed by atoms with Gasteiger partial charge in [0.05, 0.1) is 18.5 Å². The highest BCUT2D eigenvalue weighted by Crippen LogP contribution is 2.17. The number of nitrogens with zero attached hydrogens (tertiary/aromatic N) is 2. The number of aryl methyl sites for hydroxylation is 1. The molecule has 92 valence electrons. The molecular weight excluding hydrogens is 214 g/mol. The number of aromatic nitrogens is 2. The molecule has 0 amide bonds. The van der Waals surface area contributed by atoms with Gasteiger partial charge in [-0.25, -0.2) is 0 Å². The summed E-state index contributed by atoms with van der Waals surface area (Å²) in [6.07, 6.45) is 4.64. The van der Waals surface area contributed by atoms with Gasteiger partial charge in [-0.05, 0) is 25.5 Å². The SMILES string of the molecule is CCC(NCc1cnn(C)c1C)c1ccco1. The van der Waals surface area contributed by atoms with E-state index in [1.54, 1.807) is 6.26 Å². The normalized spacial score (nSPS) is 12.9. The lowest BCUT2D eigenvalue weighted by atomic mass is 10.1. The first kappa shape index (κ1) is 11.9. The van der Waals surface area contributed by atoms with E-state index in [0.717, 1.165) is 18.7 Å². The quantitative estimate of drug-likeness (QED) is 0.863. The first-order chi connectivity index (χ1) is 8.22. The minimum Gasteiger partial charge on any atom is -0.468 e. The van der Waals surface area contributed by atoms with E-state index in [2.05, 4.69) is 24.3 Å². The highest BCUT2D eigenvalue weighted by atomic mass is 16.3. The molecule has 0 aliphatic rings. The molecule has 4 nitrogen and oxygen atoms in total. The molecule has 1 unspecified atom stereocenters. The van der Waals surface area contributed by atoms with Gasteiger partial charge in [0.15, 0.2) is 0 Å². The second-order valence-corrected chi connectivity index (χ2v) is 4.24. The van der Waals surface area contributed by atoms with Gasteiger partial charge in [0, 0.05) is 24.8 Å². The maximum atomic E-state index is 5.43. The monoisotopic (exact) mass is 233 g/mol. The van der Waals surface area contributed by atoms with Gasteiger partial charge in [-0.2, -0.15) is 5.10 Å². The summed E-state index contributed by atoms with van der Waals surface area (Å²) >= 11 is 0. The molecule has 0 fully saturated rings. The van der Waals surface area contributed by atoms with E-state index in [1.165, 1.54) is 11.3 Å². The van der Waals surface area contributed by atoms with E-state index in [0.29, 0.717) is 0 Å². The van der Waals surface area contributed by atoms with Crippen molar-refractivity contribution in [3.63, 3.8) is 0 Å². The lowest BCUT2D eigenvalue weighted by molar-refractivity contribution is 0.403. The minimum atomic E-state index is 0.268. The summed E-state index contributed by atoms with van der Waals surface area (Å²) in [5.41, 5.74) is 2.43. The summed E-state index contributed by atoms with van der Waals surface area (Å²) in [5.74, 6) is 0.994. The Morgan fingerprint density at radius 2 is 2.35 bits per heavy atom. The molecule has 0 aliphatic carbocycles. The average Bonchev–Trinajstić information content (AvgIpc) is 2.95. The fraction of sp³-hybridized carbons (Fsp3) is 0.462. The van der Waals surface area contributed by atoms with Crippen LogP contribution in [-0.2, 0) is 13.6 Å². The topological polar surface area (TPSA) is 43.0 Å². The fourth-order valence-corrected chi connectivity index (χ4v) is 1.89. The number of rotatable bonds is 5. The van der Waals surface area contributed by atoms with Gasteiger partial charge in [0.2, 0.25) is 0 Å². The first-order valence-corrected chi connectivity index (χ1v) is 5.96. The third kappa shape index (κ3) is 2.58. The van der Waals surface area contributed by atoms with Crippen molar-refractivity contribution < 1.29 is 4.42 Å². The number of hydrogen-bond acceptors (Lipinski definition) is 3. The van der Waals surface area contributed by atoms with Crippen molar-refractivity contribution in [2.75, 3.05) is 0 Å². The largest absolute Gasteiger partial charge is 0.468 e. The zero-order chi connectivity index (χ0) is 12.3. The van der Waals surface area contributed by atoms with Crippen molar-refractivity contribution in [1.82, 2.24) is 15.1 Å². The number of hydrogen-bond donors (Lipinski definition) is 1. The predicted molar refractivity (Wildman–Crippen MR) is 66.5 cm³/mol. The molecule has 4 heteroatoms. The van der Waals surface area contributed by atoms with Gasteiger partial charge < -0.3 is 9.73 Å². The van der Waals surface area contributed by atoms with Gasteiger partial charge in [-0.1, -0.05) is 6.92 Å². The van der Waals surface area contributed by atoms with E-state index >= 15 is 0 Å². The second-order valence-electron chi connectivity index (χ2n) is 4.24. The summed E-state index contributed by atoms with van der Waals surface area (Å²) < 4.78 is 7.32. The van der Waals surface area contributed by atoms with Gasteiger partial charge in [-0.3, -0.25) is 4.68 Å². The molecule has 0 saturated heterocycles. The molecular formula is C13H19N3O. The zero-order valence-corrected chi connectivity index (χ0v) is 10.6. The van der Waals surface area contributed by atoms with Crippen molar-refractivity contribution in [2.24, 2.45) is 7.05 Å². The predicted octanol–water partition coefficient (Wildman–Crippen LogP) is 2.56. The minimum absolute atomic E-state index is 0.268. The summed E-state index contributed by atoms with van der Waals surface area (Å²) in [5, 5.41) is 7.73. The van der Waals surface area contributed by atoms with E-state index in [9.17, 15) is 0 Å². The maximum absolute atomic E-state index is 5.43. The molecule has 17 heavy (non-hydrogen) atoms. The van der Waals surface area contributed by atoms with E-state index in [1.807, 2.05) is 30.1 Å². The smallest absolute Gasteiger partial charge is 0.120 e. The molecule has 0 radical (unpaired) electrons. The van der Waals surface area contributed by atoms with Crippen LogP contribution < -0.4 is 5.32 Å². The van der Waals surface area contributed by atoms with Crippen LogP contribution in [0, 0.1) is 6.92 Å². The van der Waals surface area contributed by atoms with Crippen LogP contribution in [0.15, 0.2) is 29.0 Å². The molecule has 0 spiro atoms. The van der Waals surface area contributed by atoms with E-state index in [-0.39, 0.29) is 6.04 Å². The Morgan fingerprint density at radius 3 is 2.88 bits per heavy atom. The lowest BCUT2D eigenvalue weighted by Gasteiger charge is -2.14. The molecule has 0 aromatic carbocycles. The Hall–Kier alpha value is -1.55. The van der Waals surface area contributed by atoms with Gasteiger partial charge in [0.1, 0.15) is 5.76 Å². The van der Waals surface area contributed by atoms with E-state index in [4.69, 9.17) is 4.42 Å². The second kappa shape index (κ2) is 5.19. The van der Waals surface area contributed by atoms with Gasteiger partial charge in [0.25, 0.3) is 0 Å². The summed E-state index contributed by atoms with van der Waals surface area (Å²) in [7, 11) is 1.96. The molecule has 2 heterocycles. The average molecular weight is 233 g/mol. The van der Waals surface area contributed by atoms with Crippen LogP contribution in [0.1, 0.15) is 36.4 Å². The summed E-state index contributed by atoms with van der Waals surface area (Å²) in [6, 6.07) is 4.20. The van der Waals surface area contributed by atoms with Gasteiger partial charge >= 0.3 is 0 Å². The Balaban J connectivity index is 1.99. The van der Waals surface area contributed by atoms with Crippen molar-refractivity contribution in [3.8, 4) is 0 Å². The molecule has 2 aromatic rings. The van der Waals surface area contributed by atoms with Crippen molar-refractivity contribution in [2.45, 2.75) is 32.9 Å². The van der Waals surface area contributed by atoms with Gasteiger partial charge in [-0.15, -0.1) is 0 Å². The highest BCUT2D eigenvalue weighted by molar-refractivity contribution is 5.16. The Bertz CT molecular complexity index is 459. The van der Waals surface area contributed by atoms with Crippen molar-refractivity contribution in [1.29, 1.82) is 0 Å². The van der Waals surface area contributed by atoms with Crippen molar-refractivity contribution >= 4 is 0 Å². The Kier molecular flexibility index (Phi) is 3.64. The maximum Gasteiger partial charge on any atom is 0.120 e. The molecule has 1 N–H and O–H groups in total. The zero-order valence-electron chi connectivity index (χ0n) is 10.6. The van der Waals surface area contributed by atoms with Crippen LogP contribution in [0.2, 0.25) is 0 Å². The fourth-order valence-electron chi connectivity index (χ4n) is 1.89. The van der Waals surface area contributed by atoms with Crippen LogP contribution in [0.3, 0.4) is 0 Å². The van der Waals surface area contributed by atoms with Crippen LogP contribution >= 0.6 is 0 Å². The Labute approximate surface area is 102 Å². The molecule has 0 bridgehead atoms. The molecule has 1 atom stereocenters. The Morgan fingerprint density at radius 1 is 1.53 bits per heavy atom. The molecule has 2 aromatic heterocycles. The van der Waals surface area contributed by atoms with Crippen molar-refractivity contribution in [3.05, 3.63) is 41.6 Å². The highest BCUT2D eigenvalue weighted by Gasteiger charge is 2.12.